The molecule has 1 aliphatic heterocycles. The van der Waals surface area contributed by atoms with Crippen LogP contribution in [0.5, 0.6) is 0 Å². The minimum atomic E-state index is -0.765. The maximum Gasteiger partial charge on any atom is 0.312 e. The highest BCUT2D eigenvalue weighted by molar-refractivity contribution is 7.10. The van der Waals surface area contributed by atoms with E-state index in [0.29, 0.717) is 5.69 Å². The molecule has 2 aromatic rings. The number of thiophene rings is 1. The Hall–Kier alpha value is -3.44. The van der Waals surface area contributed by atoms with Crippen molar-refractivity contribution in [2.75, 3.05) is 11.5 Å². The Morgan fingerprint density at radius 3 is 2.57 bits per heavy atom. The number of rotatable bonds is 6. The monoisotopic (exact) mass is 423 g/mol. The van der Waals surface area contributed by atoms with Gasteiger partial charge in [-0.25, -0.2) is 0 Å². The molecule has 1 fully saturated rings. The minimum Gasteiger partial charge on any atom is -0.457 e. The van der Waals surface area contributed by atoms with E-state index in [-0.39, 0.29) is 23.6 Å². The van der Waals surface area contributed by atoms with Gasteiger partial charge in [0.2, 0.25) is 11.7 Å². The fourth-order valence-electron chi connectivity index (χ4n) is 3.43. The summed E-state index contributed by atoms with van der Waals surface area (Å²) in [6, 6.07) is 12.4. The van der Waals surface area contributed by atoms with Crippen molar-refractivity contribution < 1.29 is 19.1 Å². The number of hydrogen-bond donors (Lipinski definition) is 1. The third kappa shape index (κ3) is 4.26. The van der Waals surface area contributed by atoms with Gasteiger partial charge in [-0.05, 0) is 37.4 Å². The standard InChI is InChI=1S/C22H21N3O4S/c1-13-5-7-15(8-6-13)25-20(27)10-16(21(25)19-4-3-9-30-19)22(28)29-12-18(26)17(11-23)14(2)24/h3-9,16,21H,10,12,24H2,1-2H3/b17-14-/t16-,21+/m1/s1. The number of esters is 1. The molecule has 0 spiro atoms. The summed E-state index contributed by atoms with van der Waals surface area (Å²) in [4.78, 5) is 40.3. The molecule has 1 aromatic carbocycles. The number of allylic oxidation sites excluding steroid dienone is 1. The lowest BCUT2D eigenvalue weighted by atomic mass is 9.98. The van der Waals surface area contributed by atoms with Crippen molar-refractivity contribution in [1.29, 1.82) is 5.26 Å². The molecule has 0 unspecified atom stereocenters. The highest BCUT2D eigenvalue weighted by atomic mass is 32.1. The van der Waals surface area contributed by atoms with Crippen LogP contribution in [0.3, 0.4) is 0 Å². The highest BCUT2D eigenvalue weighted by Crippen LogP contribution is 2.43. The van der Waals surface area contributed by atoms with Crippen LogP contribution < -0.4 is 10.6 Å². The molecule has 2 N–H and O–H groups in total. The molecular formula is C22H21N3O4S. The summed E-state index contributed by atoms with van der Waals surface area (Å²) in [7, 11) is 0. The second-order valence-corrected chi connectivity index (χ2v) is 8.05. The minimum absolute atomic E-state index is 0.0275. The van der Waals surface area contributed by atoms with Crippen LogP contribution in [-0.2, 0) is 19.1 Å². The zero-order valence-electron chi connectivity index (χ0n) is 16.6. The van der Waals surface area contributed by atoms with Crippen LogP contribution in [0.2, 0.25) is 0 Å². The first kappa shape index (κ1) is 21.3. The van der Waals surface area contributed by atoms with Crippen molar-refractivity contribution in [3.8, 4) is 6.07 Å². The molecule has 30 heavy (non-hydrogen) atoms. The van der Waals surface area contributed by atoms with Crippen LogP contribution in [-0.4, -0.2) is 24.3 Å². The van der Waals surface area contributed by atoms with Crippen molar-refractivity contribution in [2.45, 2.75) is 26.3 Å². The summed E-state index contributed by atoms with van der Waals surface area (Å²) in [5.41, 5.74) is 7.11. The Bertz CT molecular complexity index is 1030. The molecule has 0 radical (unpaired) electrons. The van der Waals surface area contributed by atoms with Crippen molar-refractivity contribution in [1.82, 2.24) is 0 Å². The van der Waals surface area contributed by atoms with E-state index in [1.165, 1.54) is 18.3 Å². The van der Waals surface area contributed by atoms with Gasteiger partial charge in [-0.15, -0.1) is 11.3 Å². The molecule has 0 bridgehead atoms. The molecule has 2 heterocycles. The number of hydrogen-bond acceptors (Lipinski definition) is 7. The van der Waals surface area contributed by atoms with E-state index in [1.807, 2.05) is 48.7 Å². The van der Waals surface area contributed by atoms with E-state index in [2.05, 4.69) is 0 Å². The fourth-order valence-corrected chi connectivity index (χ4v) is 4.31. The Labute approximate surface area is 178 Å². The largest absolute Gasteiger partial charge is 0.457 e. The summed E-state index contributed by atoms with van der Waals surface area (Å²) in [5.74, 6) is -2.28. The van der Waals surface area contributed by atoms with Crippen molar-refractivity contribution in [3.63, 3.8) is 0 Å². The van der Waals surface area contributed by atoms with E-state index in [9.17, 15) is 14.4 Å². The zero-order valence-corrected chi connectivity index (χ0v) is 17.4. The molecule has 7 nitrogen and oxygen atoms in total. The molecule has 8 heteroatoms. The second-order valence-electron chi connectivity index (χ2n) is 7.07. The normalized spacial score (nSPS) is 19.2. The third-order valence-corrected chi connectivity index (χ3v) is 5.85. The van der Waals surface area contributed by atoms with Gasteiger partial charge in [0.1, 0.15) is 11.6 Å². The third-order valence-electron chi connectivity index (χ3n) is 4.90. The van der Waals surface area contributed by atoms with Crippen molar-refractivity contribution >= 4 is 34.7 Å². The topological polar surface area (TPSA) is 113 Å². The molecule has 1 amide bonds. The summed E-state index contributed by atoms with van der Waals surface area (Å²) in [6.45, 7) is 2.79. The summed E-state index contributed by atoms with van der Waals surface area (Å²) in [5, 5.41) is 10.9. The number of nitriles is 1. The van der Waals surface area contributed by atoms with E-state index < -0.39 is 30.3 Å². The highest BCUT2D eigenvalue weighted by Gasteiger charge is 2.46. The quantitative estimate of drug-likeness (QED) is 0.434. The van der Waals surface area contributed by atoms with Gasteiger partial charge in [0, 0.05) is 22.7 Å². The number of anilines is 1. The lowest BCUT2D eigenvalue weighted by Crippen LogP contribution is -2.31. The number of nitrogens with two attached hydrogens (primary N) is 1. The van der Waals surface area contributed by atoms with Crippen LogP contribution in [0.25, 0.3) is 0 Å². The smallest absolute Gasteiger partial charge is 0.312 e. The number of Topliss-reactive ketones (excluding diaryl/α,β-unsaturated/α-hetero) is 1. The number of carbonyl (C=O) groups excluding carboxylic acids is 3. The fraction of sp³-hybridized carbons (Fsp3) is 0.273. The Balaban J connectivity index is 1.85. The second kappa shape index (κ2) is 8.93. The first-order valence-corrected chi connectivity index (χ1v) is 10.2. The number of ketones is 1. The van der Waals surface area contributed by atoms with Gasteiger partial charge < -0.3 is 15.4 Å². The molecular weight excluding hydrogens is 402 g/mol. The average Bonchev–Trinajstić information content (AvgIpc) is 3.34. The van der Waals surface area contributed by atoms with Gasteiger partial charge in [0.15, 0.2) is 6.61 Å². The summed E-state index contributed by atoms with van der Waals surface area (Å²) in [6.07, 6.45) is -0.0275. The molecule has 1 aromatic heterocycles. The predicted octanol–water partition coefficient (Wildman–Crippen LogP) is 3.02. The Morgan fingerprint density at radius 2 is 2.00 bits per heavy atom. The Morgan fingerprint density at radius 1 is 1.30 bits per heavy atom. The van der Waals surface area contributed by atoms with Gasteiger partial charge in [0.25, 0.3) is 0 Å². The first-order valence-electron chi connectivity index (χ1n) is 9.32. The maximum atomic E-state index is 12.9. The van der Waals surface area contributed by atoms with E-state index in [4.69, 9.17) is 15.7 Å². The van der Waals surface area contributed by atoms with Gasteiger partial charge in [-0.3, -0.25) is 14.4 Å². The number of aryl methyl sites for hydroxylation is 1. The summed E-state index contributed by atoms with van der Waals surface area (Å²) < 4.78 is 5.20. The van der Waals surface area contributed by atoms with Crippen molar-refractivity contribution in [2.24, 2.45) is 11.7 Å². The number of nitrogens with zero attached hydrogens (tertiary/aromatic N) is 2. The van der Waals surface area contributed by atoms with Crippen LogP contribution in [0, 0.1) is 24.2 Å². The average molecular weight is 423 g/mol. The van der Waals surface area contributed by atoms with Crippen molar-refractivity contribution in [3.05, 3.63) is 63.5 Å². The maximum absolute atomic E-state index is 12.9. The molecule has 3 rings (SSSR count). The van der Waals surface area contributed by atoms with Crippen LogP contribution >= 0.6 is 11.3 Å². The molecule has 0 saturated carbocycles. The molecule has 2 atom stereocenters. The molecule has 1 saturated heterocycles. The lowest BCUT2D eigenvalue weighted by molar-refractivity contribution is -0.151. The number of ether oxygens (including phenoxy) is 1. The molecule has 0 aliphatic carbocycles. The SMILES string of the molecule is C/C(N)=C(\C#N)C(=O)COC(=O)[C@@H]1CC(=O)N(c2ccc(C)cc2)[C@@H]1c1cccs1. The number of benzene rings is 1. The van der Waals surface area contributed by atoms with E-state index in [1.54, 1.807) is 11.0 Å². The van der Waals surface area contributed by atoms with Crippen LogP contribution in [0.4, 0.5) is 5.69 Å². The van der Waals surface area contributed by atoms with Gasteiger partial charge in [0.05, 0.1) is 12.0 Å². The van der Waals surface area contributed by atoms with Crippen LogP contribution in [0.15, 0.2) is 53.0 Å². The van der Waals surface area contributed by atoms with Gasteiger partial charge >= 0.3 is 5.97 Å². The van der Waals surface area contributed by atoms with E-state index >= 15 is 0 Å². The van der Waals surface area contributed by atoms with Crippen LogP contribution in [0.1, 0.15) is 29.8 Å². The summed E-state index contributed by atoms with van der Waals surface area (Å²) >= 11 is 1.45. The molecule has 1 aliphatic rings. The number of amides is 1. The molecule has 154 valence electrons. The number of carbonyl (C=O) groups is 3. The van der Waals surface area contributed by atoms with E-state index in [0.717, 1.165) is 10.4 Å². The predicted molar refractivity (Wildman–Crippen MR) is 112 cm³/mol. The Kier molecular flexibility index (Phi) is 6.33. The first-order chi connectivity index (χ1) is 14.3. The van der Waals surface area contributed by atoms with Gasteiger partial charge in [-0.1, -0.05) is 23.8 Å². The lowest BCUT2D eigenvalue weighted by Gasteiger charge is -2.27. The zero-order chi connectivity index (χ0) is 21.8. The van der Waals surface area contributed by atoms with Gasteiger partial charge in [-0.2, -0.15) is 5.26 Å².